The van der Waals surface area contributed by atoms with Gasteiger partial charge in [0.25, 0.3) is 0 Å². The highest BCUT2D eigenvalue weighted by Crippen LogP contribution is 2.29. The molecule has 0 bridgehead atoms. The maximum absolute atomic E-state index is 13.4. The van der Waals surface area contributed by atoms with Crippen LogP contribution in [0.15, 0.2) is 22.7 Å². The number of anilines is 1. The van der Waals surface area contributed by atoms with E-state index in [1.807, 2.05) is 11.8 Å². The van der Waals surface area contributed by atoms with E-state index in [1.165, 1.54) is 6.07 Å². The van der Waals surface area contributed by atoms with E-state index in [0.29, 0.717) is 17.0 Å². The van der Waals surface area contributed by atoms with Crippen molar-refractivity contribution in [2.75, 3.05) is 11.1 Å². The Balaban J connectivity index is 2.07. The SMILES string of the molecule is CC1CC(Nc2cc(Br)ccc2F)CS1. The highest BCUT2D eigenvalue weighted by Gasteiger charge is 2.22. The first-order valence-corrected chi connectivity index (χ1v) is 6.82. The third kappa shape index (κ3) is 2.88. The van der Waals surface area contributed by atoms with Gasteiger partial charge in [-0.05, 0) is 24.6 Å². The minimum absolute atomic E-state index is 0.178. The van der Waals surface area contributed by atoms with Gasteiger partial charge >= 0.3 is 0 Å². The molecule has 1 N–H and O–H groups in total. The molecule has 1 fully saturated rings. The van der Waals surface area contributed by atoms with E-state index in [9.17, 15) is 4.39 Å². The molecular formula is C11H13BrFNS. The number of hydrogen-bond donors (Lipinski definition) is 1. The predicted molar refractivity (Wildman–Crippen MR) is 68.0 cm³/mol. The summed E-state index contributed by atoms with van der Waals surface area (Å²) >= 11 is 5.28. The first-order valence-electron chi connectivity index (χ1n) is 4.98. The molecule has 15 heavy (non-hydrogen) atoms. The zero-order valence-electron chi connectivity index (χ0n) is 8.47. The Labute approximate surface area is 102 Å². The summed E-state index contributed by atoms with van der Waals surface area (Å²) in [5.41, 5.74) is 0.601. The monoisotopic (exact) mass is 289 g/mol. The van der Waals surface area contributed by atoms with Crippen LogP contribution in [-0.4, -0.2) is 17.0 Å². The van der Waals surface area contributed by atoms with E-state index in [2.05, 4.69) is 28.2 Å². The van der Waals surface area contributed by atoms with Crippen molar-refractivity contribution < 1.29 is 4.39 Å². The second-order valence-corrected chi connectivity index (χ2v) is 6.23. The first kappa shape index (κ1) is 11.3. The van der Waals surface area contributed by atoms with Gasteiger partial charge in [0.1, 0.15) is 5.82 Å². The molecule has 1 aliphatic rings. The van der Waals surface area contributed by atoms with Crippen LogP contribution in [0.5, 0.6) is 0 Å². The molecule has 0 saturated carbocycles. The minimum Gasteiger partial charge on any atom is -0.379 e. The molecule has 0 aromatic heterocycles. The first-order chi connectivity index (χ1) is 7.15. The van der Waals surface area contributed by atoms with Gasteiger partial charge in [-0.3, -0.25) is 0 Å². The van der Waals surface area contributed by atoms with Gasteiger partial charge in [-0.25, -0.2) is 4.39 Å². The van der Waals surface area contributed by atoms with Crippen molar-refractivity contribution in [3.05, 3.63) is 28.5 Å². The maximum Gasteiger partial charge on any atom is 0.146 e. The summed E-state index contributed by atoms with van der Waals surface area (Å²) < 4.78 is 14.3. The van der Waals surface area contributed by atoms with Crippen LogP contribution in [0.25, 0.3) is 0 Å². The van der Waals surface area contributed by atoms with Crippen molar-refractivity contribution in [2.24, 2.45) is 0 Å². The van der Waals surface area contributed by atoms with Gasteiger partial charge in [0.15, 0.2) is 0 Å². The number of halogens is 2. The Morgan fingerprint density at radius 3 is 3.00 bits per heavy atom. The molecular weight excluding hydrogens is 277 g/mol. The average Bonchev–Trinajstić information content (AvgIpc) is 2.58. The molecule has 1 saturated heterocycles. The van der Waals surface area contributed by atoms with Crippen molar-refractivity contribution in [1.29, 1.82) is 0 Å². The highest BCUT2D eigenvalue weighted by molar-refractivity contribution is 9.10. The Hall–Kier alpha value is -0.220. The molecule has 1 heterocycles. The summed E-state index contributed by atoms with van der Waals surface area (Å²) in [5.74, 6) is 0.885. The lowest BCUT2D eigenvalue weighted by Crippen LogP contribution is -2.19. The molecule has 2 atom stereocenters. The van der Waals surface area contributed by atoms with Crippen LogP contribution in [0.3, 0.4) is 0 Å². The second-order valence-electron chi connectivity index (χ2n) is 3.85. The van der Waals surface area contributed by atoms with Crippen molar-refractivity contribution >= 4 is 33.4 Å². The summed E-state index contributed by atoms with van der Waals surface area (Å²) in [4.78, 5) is 0. The van der Waals surface area contributed by atoms with Gasteiger partial charge < -0.3 is 5.32 Å². The Bertz CT molecular complexity index is 358. The van der Waals surface area contributed by atoms with Crippen molar-refractivity contribution in [3.63, 3.8) is 0 Å². The summed E-state index contributed by atoms with van der Waals surface area (Å²) in [6, 6.07) is 5.39. The quantitative estimate of drug-likeness (QED) is 0.886. The van der Waals surface area contributed by atoms with E-state index in [1.54, 1.807) is 12.1 Å². The fourth-order valence-corrected chi connectivity index (χ4v) is 3.26. The molecule has 2 unspecified atom stereocenters. The van der Waals surface area contributed by atoms with E-state index >= 15 is 0 Å². The summed E-state index contributed by atoms with van der Waals surface area (Å²) in [7, 11) is 0. The smallest absolute Gasteiger partial charge is 0.146 e. The predicted octanol–water partition coefficient (Wildman–Crippen LogP) is 3.89. The maximum atomic E-state index is 13.4. The number of nitrogens with one attached hydrogen (secondary N) is 1. The summed E-state index contributed by atoms with van der Waals surface area (Å²) in [6.07, 6.45) is 1.11. The van der Waals surface area contributed by atoms with Crippen LogP contribution in [-0.2, 0) is 0 Å². The average molecular weight is 290 g/mol. The van der Waals surface area contributed by atoms with Crippen LogP contribution in [0.1, 0.15) is 13.3 Å². The summed E-state index contributed by atoms with van der Waals surface area (Å²) in [5, 5.41) is 3.93. The normalized spacial score (nSPS) is 25.5. The molecule has 1 nitrogen and oxygen atoms in total. The lowest BCUT2D eigenvalue weighted by molar-refractivity contribution is 0.624. The fraction of sp³-hybridized carbons (Fsp3) is 0.455. The van der Waals surface area contributed by atoms with Gasteiger partial charge in [0.05, 0.1) is 5.69 Å². The van der Waals surface area contributed by atoms with Gasteiger partial charge in [0.2, 0.25) is 0 Å². The van der Waals surface area contributed by atoms with Crippen LogP contribution < -0.4 is 5.32 Å². The number of hydrogen-bond acceptors (Lipinski definition) is 2. The third-order valence-corrected chi connectivity index (χ3v) is 4.34. The highest BCUT2D eigenvalue weighted by atomic mass is 79.9. The molecule has 2 rings (SSSR count). The zero-order chi connectivity index (χ0) is 10.8. The van der Waals surface area contributed by atoms with E-state index in [4.69, 9.17) is 0 Å². The van der Waals surface area contributed by atoms with E-state index in [0.717, 1.165) is 16.6 Å². The Kier molecular flexibility index (Phi) is 3.57. The number of thioether (sulfide) groups is 1. The molecule has 1 aromatic rings. The van der Waals surface area contributed by atoms with E-state index < -0.39 is 0 Å². The van der Waals surface area contributed by atoms with Gasteiger partial charge in [-0.2, -0.15) is 11.8 Å². The van der Waals surface area contributed by atoms with E-state index in [-0.39, 0.29) is 5.82 Å². The lowest BCUT2D eigenvalue weighted by atomic mass is 10.2. The molecule has 1 aliphatic heterocycles. The molecule has 0 radical (unpaired) electrons. The van der Waals surface area contributed by atoms with Crippen molar-refractivity contribution in [3.8, 4) is 0 Å². The lowest BCUT2D eigenvalue weighted by Gasteiger charge is -2.14. The minimum atomic E-state index is -0.178. The molecule has 0 spiro atoms. The Morgan fingerprint density at radius 2 is 2.33 bits per heavy atom. The van der Waals surface area contributed by atoms with Crippen molar-refractivity contribution in [2.45, 2.75) is 24.6 Å². The fourth-order valence-electron chi connectivity index (χ4n) is 1.75. The van der Waals surface area contributed by atoms with Crippen LogP contribution >= 0.6 is 27.7 Å². The largest absolute Gasteiger partial charge is 0.379 e. The second kappa shape index (κ2) is 4.74. The molecule has 82 valence electrons. The third-order valence-electron chi connectivity index (χ3n) is 2.49. The summed E-state index contributed by atoms with van der Waals surface area (Å²) in [6.45, 7) is 2.21. The van der Waals surface area contributed by atoms with Gasteiger partial charge in [-0.15, -0.1) is 0 Å². The van der Waals surface area contributed by atoms with Crippen LogP contribution in [0, 0.1) is 5.82 Å². The van der Waals surface area contributed by atoms with Gasteiger partial charge in [0, 0.05) is 21.5 Å². The standard InChI is InChI=1S/C11H13BrFNS/c1-7-4-9(6-15-7)14-11-5-8(12)2-3-10(11)13/h2-3,5,7,9,14H,4,6H2,1H3. The molecule has 0 aliphatic carbocycles. The molecule has 4 heteroatoms. The van der Waals surface area contributed by atoms with Crippen molar-refractivity contribution in [1.82, 2.24) is 0 Å². The zero-order valence-corrected chi connectivity index (χ0v) is 10.9. The number of rotatable bonds is 2. The van der Waals surface area contributed by atoms with Gasteiger partial charge in [-0.1, -0.05) is 22.9 Å². The van der Waals surface area contributed by atoms with Crippen LogP contribution in [0.4, 0.5) is 10.1 Å². The van der Waals surface area contributed by atoms with Crippen LogP contribution in [0.2, 0.25) is 0 Å². The number of benzene rings is 1. The molecule has 0 amide bonds. The Morgan fingerprint density at radius 1 is 1.53 bits per heavy atom. The topological polar surface area (TPSA) is 12.0 Å². The molecule has 1 aromatic carbocycles.